The molecule has 0 bridgehead atoms. The molecule has 140 valence electrons. The highest BCUT2D eigenvalue weighted by molar-refractivity contribution is 5.88. The fraction of sp³-hybridized carbons (Fsp3) is 0.667. The van der Waals surface area contributed by atoms with E-state index in [1.165, 1.54) is 11.1 Å². The number of nitrogens with two attached hydrogens (primary N) is 1. The Morgan fingerprint density at radius 2 is 1.88 bits per heavy atom. The summed E-state index contributed by atoms with van der Waals surface area (Å²) in [5.74, 6) is 0.00800. The lowest BCUT2D eigenvalue weighted by molar-refractivity contribution is -0.178. The normalized spacial score (nSPS) is 25.4. The summed E-state index contributed by atoms with van der Waals surface area (Å²) in [6.45, 7) is 13.7. The molecular formula is C21H34N2O2. The van der Waals surface area contributed by atoms with Crippen molar-refractivity contribution in [3.8, 4) is 0 Å². The van der Waals surface area contributed by atoms with E-state index in [4.69, 9.17) is 10.5 Å². The van der Waals surface area contributed by atoms with Gasteiger partial charge < -0.3 is 15.4 Å². The molecule has 1 aromatic carbocycles. The highest BCUT2D eigenvalue weighted by Gasteiger charge is 2.63. The van der Waals surface area contributed by atoms with Gasteiger partial charge in [-0.05, 0) is 19.4 Å². The van der Waals surface area contributed by atoms with Gasteiger partial charge in [-0.2, -0.15) is 0 Å². The third kappa shape index (κ3) is 3.47. The van der Waals surface area contributed by atoms with Gasteiger partial charge in [-0.1, -0.05) is 57.5 Å². The van der Waals surface area contributed by atoms with Crippen LogP contribution in [0.1, 0.15) is 52.2 Å². The van der Waals surface area contributed by atoms with Crippen LogP contribution in [0.2, 0.25) is 0 Å². The standard InChI is InChI=1S/C21H34N2O2/c1-8-25-17-13-21(22,20(17,5)6)18(24)23(7)14-19(3,4)16-11-9-15(2)10-12-16/h9-12,17H,8,13-14,22H2,1-7H3. The molecule has 0 radical (unpaired) electrons. The van der Waals surface area contributed by atoms with Gasteiger partial charge in [0.1, 0.15) is 5.54 Å². The van der Waals surface area contributed by atoms with Crippen LogP contribution in [-0.4, -0.2) is 42.6 Å². The molecule has 0 heterocycles. The van der Waals surface area contributed by atoms with E-state index >= 15 is 0 Å². The summed E-state index contributed by atoms with van der Waals surface area (Å²) in [5, 5.41) is 0. The van der Waals surface area contributed by atoms with Crippen LogP contribution in [0.3, 0.4) is 0 Å². The highest BCUT2D eigenvalue weighted by Crippen LogP contribution is 2.50. The lowest BCUT2D eigenvalue weighted by atomic mass is 9.54. The fourth-order valence-electron chi connectivity index (χ4n) is 3.90. The van der Waals surface area contributed by atoms with Gasteiger partial charge in [-0.25, -0.2) is 0 Å². The Morgan fingerprint density at radius 3 is 2.36 bits per heavy atom. The quantitative estimate of drug-likeness (QED) is 0.860. The molecule has 25 heavy (non-hydrogen) atoms. The van der Waals surface area contributed by atoms with Crippen molar-refractivity contribution in [2.45, 2.75) is 65.0 Å². The Kier molecular flexibility index (Phi) is 5.36. The second-order valence-corrected chi connectivity index (χ2v) is 8.75. The SMILES string of the molecule is CCOC1CC(N)(C(=O)N(C)CC(C)(C)c2ccc(C)cc2)C1(C)C. The maximum absolute atomic E-state index is 13.1. The first kappa shape index (κ1) is 19.9. The summed E-state index contributed by atoms with van der Waals surface area (Å²) >= 11 is 0. The Bertz CT molecular complexity index is 621. The van der Waals surface area contributed by atoms with Gasteiger partial charge in [0.25, 0.3) is 0 Å². The number of hydrogen-bond acceptors (Lipinski definition) is 3. The Hall–Kier alpha value is -1.39. The summed E-state index contributed by atoms with van der Waals surface area (Å²) in [4.78, 5) is 14.9. The number of rotatable bonds is 6. The molecule has 2 rings (SSSR count). The zero-order valence-electron chi connectivity index (χ0n) is 16.8. The summed E-state index contributed by atoms with van der Waals surface area (Å²) in [6.07, 6.45) is 0.632. The van der Waals surface area contributed by atoms with Gasteiger partial charge >= 0.3 is 0 Å². The molecule has 1 aromatic rings. The molecule has 2 unspecified atom stereocenters. The molecule has 4 nitrogen and oxygen atoms in total. The van der Waals surface area contributed by atoms with Crippen molar-refractivity contribution in [2.24, 2.45) is 11.1 Å². The molecule has 1 aliphatic carbocycles. The Balaban J connectivity index is 2.11. The number of nitrogens with zero attached hydrogens (tertiary/aromatic N) is 1. The molecule has 1 aliphatic rings. The Labute approximate surface area is 152 Å². The van der Waals surface area contributed by atoms with Gasteiger partial charge in [0.2, 0.25) is 5.91 Å². The van der Waals surface area contributed by atoms with Crippen LogP contribution in [-0.2, 0) is 14.9 Å². The van der Waals surface area contributed by atoms with Crippen molar-refractivity contribution >= 4 is 5.91 Å². The summed E-state index contributed by atoms with van der Waals surface area (Å²) in [7, 11) is 1.86. The molecule has 2 atom stereocenters. The first-order chi connectivity index (χ1) is 11.5. The van der Waals surface area contributed by atoms with Gasteiger partial charge in [0, 0.05) is 37.5 Å². The topological polar surface area (TPSA) is 55.6 Å². The average molecular weight is 347 g/mol. The van der Waals surface area contributed by atoms with Crippen LogP contribution in [0.15, 0.2) is 24.3 Å². The van der Waals surface area contributed by atoms with Crippen molar-refractivity contribution in [1.82, 2.24) is 4.90 Å². The van der Waals surface area contributed by atoms with Crippen molar-refractivity contribution in [2.75, 3.05) is 20.2 Å². The van der Waals surface area contributed by atoms with E-state index in [-0.39, 0.29) is 22.8 Å². The zero-order valence-corrected chi connectivity index (χ0v) is 16.8. The first-order valence-corrected chi connectivity index (χ1v) is 9.19. The molecule has 4 heteroatoms. The van der Waals surface area contributed by atoms with Crippen LogP contribution >= 0.6 is 0 Å². The molecular weight excluding hydrogens is 312 g/mol. The van der Waals surface area contributed by atoms with Gasteiger partial charge in [0.15, 0.2) is 0 Å². The van der Waals surface area contributed by atoms with Crippen molar-refractivity contribution in [1.29, 1.82) is 0 Å². The second-order valence-electron chi connectivity index (χ2n) is 8.75. The van der Waals surface area contributed by atoms with Gasteiger partial charge in [0.05, 0.1) is 6.10 Å². The van der Waals surface area contributed by atoms with Crippen molar-refractivity contribution in [3.63, 3.8) is 0 Å². The maximum atomic E-state index is 13.1. The monoisotopic (exact) mass is 346 g/mol. The number of aryl methyl sites for hydroxylation is 1. The minimum absolute atomic E-state index is 0.00800. The number of likely N-dealkylation sites (N-methyl/N-ethyl adjacent to an activating group) is 1. The fourth-order valence-corrected chi connectivity index (χ4v) is 3.90. The predicted octanol–water partition coefficient (Wildman–Crippen LogP) is 3.26. The minimum Gasteiger partial charge on any atom is -0.378 e. The zero-order chi connectivity index (χ0) is 19.0. The molecule has 1 saturated carbocycles. The lowest BCUT2D eigenvalue weighted by Crippen LogP contribution is -2.76. The van der Waals surface area contributed by atoms with E-state index in [2.05, 4.69) is 45.0 Å². The number of amides is 1. The van der Waals surface area contributed by atoms with E-state index in [9.17, 15) is 4.79 Å². The van der Waals surface area contributed by atoms with E-state index in [1.54, 1.807) is 4.90 Å². The van der Waals surface area contributed by atoms with Crippen molar-refractivity contribution in [3.05, 3.63) is 35.4 Å². The molecule has 0 spiro atoms. The van der Waals surface area contributed by atoms with Crippen molar-refractivity contribution < 1.29 is 9.53 Å². The second kappa shape index (κ2) is 6.73. The maximum Gasteiger partial charge on any atom is 0.243 e. The van der Waals surface area contributed by atoms with E-state index in [0.717, 1.165) is 0 Å². The number of carbonyl (C=O) groups excluding carboxylic acids is 1. The minimum atomic E-state index is -0.856. The third-order valence-electron chi connectivity index (χ3n) is 6.02. The van der Waals surface area contributed by atoms with Crippen LogP contribution in [0.5, 0.6) is 0 Å². The highest BCUT2D eigenvalue weighted by atomic mass is 16.5. The molecule has 2 N–H and O–H groups in total. The van der Waals surface area contributed by atoms with Gasteiger partial charge in [-0.3, -0.25) is 4.79 Å². The Morgan fingerprint density at radius 1 is 1.32 bits per heavy atom. The number of hydrogen-bond donors (Lipinski definition) is 1. The molecule has 0 saturated heterocycles. The number of carbonyl (C=O) groups is 1. The summed E-state index contributed by atoms with van der Waals surface area (Å²) in [6, 6.07) is 8.52. The molecule has 1 amide bonds. The average Bonchev–Trinajstić information content (AvgIpc) is 2.53. The number of benzene rings is 1. The third-order valence-corrected chi connectivity index (χ3v) is 6.02. The molecule has 0 aliphatic heterocycles. The van der Waals surface area contributed by atoms with Gasteiger partial charge in [-0.15, -0.1) is 0 Å². The van der Waals surface area contributed by atoms with E-state index in [1.807, 2.05) is 27.8 Å². The van der Waals surface area contributed by atoms with Crippen LogP contribution in [0.4, 0.5) is 0 Å². The largest absolute Gasteiger partial charge is 0.378 e. The first-order valence-electron chi connectivity index (χ1n) is 9.19. The van der Waals surface area contributed by atoms with Crippen LogP contribution in [0, 0.1) is 12.3 Å². The molecule has 1 fully saturated rings. The summed E-state index contributed by atoms with van der Waals surface area (Å²) < 4.78 is 5.75. The lowest BCUT2D eigenvalue weighted by Gasteiger charge is -2.58. The number of ether oxygens (including phenoxy) is 1. The smallest absolute Gasteiger partial charge is 0.243 e. The van der Waals surface area contributed by atoms with E-state index < -0.39 is 5.54 Å². The predicted molar refractivity (Wildman–Crippen MR) is 103 cm³/mol. The molecule has 0 aromatic heterocycles. The van der Waals surface area contributed by atoms with Crippen LogP contribution < -0.4 is 5.73 Å². The summed E-state index contributed by atoms with van der Waals surface area (Å²) in [5.41, 5.74) is 7.66. The van der Waals surface area contributed by atoms with Crippen LogP contribution in [0.25, 0.3) is 0 Å². The van der Waals surface area contributed by atoms with E-state index in [0.29, 0.717) is 19.6 Å².